The third kappa shape index (κ3) is 1.84. The van der Waals surface area contributed by atoms with Gasteiger partial charge in [-0.15, -0.1) is 0 Å². The summed E-state index contributed by atoms with van der Waals surface area (Å²) >= 11 is 0. The lowest BCUT2D eigenvalue weighted by Gasteiger charge is -2.04. The molecule has 4 heteroatoms. The average Bonchev–Trinajstić information content (AvgIpc) is 2.86. The Bertz CT molecular complexity index is 810. The molecule has 3 aromatic rings. The lowest BCUT2D eigenvalue weighted by molar-refractivity contribution is 0.856. The third-order valence-corrected chi connectivity index (χ3v) is 3.36. The fourth-order valence-electron chi connectivity index (χ4n) is 2.33. The first-order chi connectivity index (χ1) is 9.74. The van der Waals surface area contributed by atoms with Crippen LogP contribution in [0, 0.1) is 18.3 Å². The molecule has 0 fully saturated rings. The van der Waals surface area contributed by atoms with E-state index in [0.717, 1.165) is 29.1 Å². The first-order valence-corrected chi connectivity index (χ1v) is 6.59. The smallest absolute Gasteiger partial charge is 0.174 e. The Morgan fingerprint density at radius 2 is 2.00 bits per heavy atom. The number of benzene rings is 1. The van der Waals surface area contributed by atoms with Crippen LogP contribution < -0.4 is 0 Å². The third-order valence-electron chi connectivity index (χ3n) is 3.36. The predicted molar refractivity (Wildman–Crippen MR) is 77.3 cm³/mol. The molecule has 0 N–H and O–H groups in total. The number of fused-ring (bicyclic) bond motifs is 1. The van der Waals surface area contributed by atoms with Gasteiger partial charge in [-0.25, -0.2) is 9.50 Å². The minimum atomic E-state index is 0.577. The molecule has 0 saturated carbocycles. The molecule has 0 aliphatic heterocycles. The zero-order valence-electron chi connectivity index (χ0n) is 11.5. The maximum absolute atomic E-state index is 9.35. The zero-order chi connectivity index (χ0) is 14.1. The largest absolute Gasteiger partial charge is 0.227 e. The van der Waals surface area contributed by atoms with Gasteiger partial charge in [0.25, 0.3) is 0 Å². The van der Waals surface area contributed by atoms with E-state index in [1.807, 2.05) is 50.2 Å². The van der Waals surface area contributed by atoms with Gasteiger partial charge in [0.15, 0.2) is 5.65 Å². The van der Waals surface area contributed by atoms with Crippen molar-refractivity contribution in [2.75, 3.05) is 0 Å². The van der Waals surface area contributed by atoms with Gasteiger partial charge in [-0.3, -0.25) is 0 Å². The highest BCUT2D eigenvalue weighted by atomic mass is 15.3. The molecule has 0 saturated heterocycles. The van der Waals surface area contributed by atoms with Crippen LogP contribution in [-0.4, -0.2) is 14.6 Å². The number of aromatic nitrogens is 3. The topological polar surface area (TPSA) is 54.0 Å². The van der Waals surface area contributed by atoms with Crippen molar-refractivity contribution in [1.82, 2.24) is 14.6 Å². The van der Waals surface area contributed by atoms with Crippen molar-refractivity contribution in [2.24, 2.45) is 0 Å². The number of aryl methyl sites for hydroxylation is 2. The Morgan fingerprint density at radius 1 is 1.25 bits per heavy atom. The highest BCUT2D eigenvalue weighted by Gasteiger charge is 2.15. The summed E-state index contributed by atoms with van der Waals surface area (Å²) < 4.78 is 1.75. The van der Waals surface area contributed by atoms with Crippen LogP contribution in [0.3, 0.4) is 0 Å². The Labute approximate surface area is 117 Å². The van der Waals surface area contributed by atoms with Crippen molar-refractivity contribution in [3.05, 3.63) is 53.3 Å². The summed E-state index contributed by atoms with van der Waals surface area (Å²) in [5.74, 6) is 0. The van der Waals surface area contributed by atoms with Gasteiger partial charge in [-0.05, 0) is 19.4 Å². The molecule has 0 radical (unpaired) electrons. The molecule has 3 rings (SSSR count). The van der Waals surface area contributed by atoms with E-state index in [0.29, 0.717) is 11.2 Å². The number of hydrogen-bond acceptors (Lipinski definition) is 3. The second kappa shape index (κ2) is 4.78. The Balaban J connectivity index is 2.31. The fraction of sp³-hybridized carbons (Fsp3) is 0.188. The van der Waals surface area contributed by atoms with E-state index in [4.69, 9.17) is 0 Å². The van der Waals surface area contributed by atoms with Crippen LogP contribution in [0.2, 0.25) is 0 Å². The highest BCUT2D eigenvalue weighted by molar-refractivity contribution is 5.66. The Kier molecular flexibility index (Phi) is 2.96. The summed E-state index contributed by atoms with van der Waals surface area (Å²) in [5.41, 5.74) is 4.91. The zero-order valence-corrected chi connectivity index (χ0v) is 11.5. The molecule has 0 bridgehead atoms. The van der Waals surface area contributed by atoms with Crippen molar-refractivity contribution < 1.29 is 0 Å². The molecule has 0 unspecified atom stereocenters. The summed E-state index contributed by atoms with van der Waals surface area (Å²) in [4.78, 5) is 4.62. The SMILES string of the molecule is CCc1nn2c(C)cc(-c3ccccc3)nc2c1C#N. The molecule has 1 aromatic carbocycles. The van der Waals surface area contributed by atoms with Gasteiger partial charge in [0.1, 0.15) is 11.6 Å². The van der Waals surface area contributed by atoms with E-state index in [-0.39, 0.29) is 0 Å². The molecule has 4 nitrogen and oxygen atoms in total. The Morgan fingerprint density at radius 3 is 2.65 bits per heavy atom. The van der Waals surface area contributed by atoms with Crippen molar-refractivity contribution in [2.45, 2.75) is 20.3 Å². The molecule has 20 heavy (non-hydrogen) atoms. The van der Waals surface area contributed by atoms with Crippen LogP contribution >= 0.6 is 0 Å². The van der Waals surface area contributed by atoms with Gasteiger partial charge in [-0.1, -0.05) is 37.3 Å². The van der Waals surface area contributed by atoms with Crippen LogP contribution in [0.5, 0.6) is 0 Å². The average molecular weight is 262 g/mol. The number of nitriles is 1. The minimum absolute atomic E-state index is 0.577. The van der Waals surface area contributed by atoms with Gasteiger partial charge < -0.3 is 0 Å². The maximum Gasteiger partial charge on any atom is 0.174 e. The lowest BCUT2D eigenvalue weighted by Crippen LogP contribution is -1.98. The summed E-state index contributed by atoms with van der Waals surface area (Å²) in [6, 6.07) is 14.2. The summed E-state index contributed by atoms with van der Waals surface area (Å²) in [7, 11) is 0. The van der Waals surface area contributed by atoms with Gasteiger partial charge in [0.05, 0.1) is 11.4 Å². The number of nitrogens with zero attached hydrogens (tertiary/aromatic N) is 4. The van der Waals surface area contributed by atoms with Gasteiger partial charge >= 0.3 is 0 Å². The van der Waals surface area contributed by atoms with Crippen LogP contribution in [0.25, 0.3) is 16.9 Å². The van der Waals surface area contributed by atoms with E-state index in [1.165, 1.54) is 0 Å². The number of hydrogen-bond donors (Lipinski definition) is 0. The molecule has 0 atom stereocenters. The summed E-state index contributed by atoms with van der Waals surface area (Å²) in [6.07, 6.45) is 0.729. The second-order valence-corrected chi connectivity index (χ2v) is 4.67. The summed E-state index contributed by atoms with van der Waals surface area (Å²) in [6.45, 7) is 3.98. The monoisotopic (exact) mass is 262 g/mol. The van der Waals surface area contributed by atoms with Crippen molar-refractivity contribution in [1.29, 1.82) is 5.26 Å². The van der Waals surface area contributed by atoms with Crippen molar-refractivity contribution in [3.8, 4) is 17.3 Å². The van der Waals surface area contributed by atoms with Crippen LogP contribution in [0.15, 0.2) is 36.4 Å². The van der Waals surface area contributed by atoms with E-state index in [9.17, 15) is 5.26 Å². The van der Waals surface area contributed by atoms with Gasteiger partial charge in [-0.2, -0.15) is 10.4 Å². The Hall–Kier alpha value is -2.67. The van der Waals surface area contributed by atoms with Crippen LogP contribution in [0.1, 0.15) is 23.9 Å². The minimum Gasteiger partial charge on any atom is -0.227 e. The molecule has 98 valence electrons. The molecule has 2 aromatic heterocycles. The second-order valence-electron chi connectivity index (χ2n) is 4.67. The molecule has 0 aliphatic rings. The molecule has 0 aliphatic carbocycles. The van der Waals surface area contributed by atoms with Gasteiger partial charge in [0, 0.05) is 11.3 Å². The van der Waals surface area contributed by atoms with Gasteiger partial charge in [0.2, 0.25) is 0 Å². The molecule has 0 spiro atoms. The molecular formula is C16H14N4. The summed E-state index contributed by atoms with van der Waals surface area (Å²) in [5, 5.41) is 13.8. The van der Waals surface area contributed by atoms with Crippen LogP contribution in [0.4, 0.5) is 0 Å². The normalized spacial score (nSPS) is 10.7. The van der Waals surface area contributed by atoms with E-state index >= 15 is 0 Å². The molecule has 0 amide bonds. The van der Waals surface area contributed by atoms with E-state index < -0.39 is 0 Å². The van der Waals surface area contributed by atoms with Crippen molar-refractivity contribution >= 4 is 5.65 Å². The predicted octanol–water partition coefficient (Wildman–Crippen LogP) is 3.14. The molecule has 2 heterocycles. The van der Waals surface area contributed by atoms with E-state index in [1.54, 1.807) is 4.52 Å². The van der Waals surface area contributed by atoms with Crippen LogP contribution in [-0.2, 0) is 6.42 Å². The van der Waals surface area contributed by atoms with Crippen molar-refractivity contribution in [3.63, 3.8) is 0 Å². The maximum atomic E-state index is 9.35. The quantitative estimate of drug-likeness (QED) is 0.713. The lowest BCUT2D eigenvalue weighted by atomic mass is 10.1. The number of rotatable bonds is 2. The first kappa shape index (κ1) is 12.4. The fourth-order valence-corrected chi connectivity index (χ4v) is 2.33. The van der Waals surface area contributed by atoms with E-state index in [2.05, 4.69) is 16.2 Å². The highest BCUT2D eigenvalue weighted by Crippen LogP contribution is 2.22. The standard InChI is InChI=1S/C16H14N4/c1-3-14-13(10-17)16-18-15(9-11(2)20(16)19-14)12-7-5-4-6-8-12/h4-9H,3H2,1-2H3. The molecular weight excluding hydrogens is 248 g/mol. The first-order valence-electron chi connectivity index (χ1n) is 6.59.